The van der Waals surface area contributed by atoms with Crippen molar-refractivity contribution in [3.05, 3.63) is 75.8 Å². The van der Waals surface area contributed by atoms with Crippen molar-refractivity contribution in [2.75, 3.05) is 5.75 Å². The molecule has 0 fully saturated rings. The number of hydrogen-bond acceptors (Lipinski definition) is 5. The lowest BCUT2D eigenvalue weighted by Crippen LogP contribution is -2.17. The fourth-order valence-electron chi connectivity index (χ4n) is 3.01. The summed E-state index contributed by atoms with van der Waals surface area (Å²) in [6, 6.07) is 15.4. The number of halogens is 1. The lowest BCUT2D eigenvalue weighted by atomic mass is 10.2. The number of hydrogen-bond donors (Lipinski definition) is 1. The standard InChI is InChI=1S/C22H19ClN2O2S2/c1-13-9-17(7-8-19(13)28-11-14(2)26)25-12-24-18-10-20(29-21(18)22(25)27)15-3-5-16(23)6-4-15/h3-10,12,14,26H,11H2,1-2H3. The third-order valence-corrected chi connectivity index (χ3v) is 7.31. The minimum absolute atomic E-state index is 0.0796. The highest BCUT2D eigenvalue weighted by Gasteiger charge is 2.12. The highest BCUT2D eigenvalue weighted by Crippen LogP contribution is 2.32. The summed E-state index contributed by atoms with van der Waals surface area (Å²) in [4.78, 5) is 19.7. The van der Waals surface area contributed by atoms with Crippen LogP contribution in [0.3, 0.4) is 0 Å². The number of benzene rings is 2. The Kier molecular flexibility index (Phi) is 5.79. The molecule has 0 aliphatic carbocycles. The van der Waals surface area contributed by atoms with Gasteiger partial charge in [-0.05, 0) is 61.4 Å². The van der Waals surface area contributed by atoms with E-state index in [-0.39, 0.29) is 11.7 Å². The number of aliphatic hydroxyl groups is 1. The van der Waals surface area contributed by atoms with E-state index in [0.29, 0.717) is 21.0 Å². The van der Waals surface area contributed by atoms with E-state index in [1.807, 2.05) is 55.5 Å². The largest absolute Gasteiger partial charge is 0.393 e. The first kappa shape index (κ1) is 20.2. The van der Waals surface area contributed by atoms with E-state index in [4.69, 9.17) is 11.6 Å². The van der Waals surface area contributed by atoms with Gasteiger partial charge in [-0.3, -0.25) is 9.36 Å². The van der Waals surface area contributed by atoms with Crippen molar-refractivity contribution >= 4 is 44.9 Å². The Morgan fingerprint density at radius 1 is 1.21 bits per heavy atom. The zero-order valence-corrected chi connectivity index (χ0v) is 18.3. The van der Waals surface area contributed by atoms with Crippen LogP contribution in [0.25, 0.3) is 26.3 Å². The highest BCUT2D eigenvalue weighted by atomic mass is 35.5. The molecular formula is C22H19ClN2O2S2. The number of nitrogens with zero attached hydrogens (tertiary/aromatic N) is 2. The minimum Gasteiger partial charge on any atom is -0.393 e. The quantitative estimate of drug-likeness (QED) is 0.412. The number of thioether (sulfide) groups is 1. The maximum Gasteiger partial charge on any atom is 0.275 e. The van der Waals surface area contributed by atoms with Crippen LogP contribution >= 0.6 is 34.7 Å². The van der Waals surface area contributed by atoms with E-state index in [1.165, 1.54) is 11.3 Å². The Morgan fingerprint density at radius 3 is 2.66 bits per heavy atom. The van der Waals surface area contributed by atoms with Crippen LogP contribution < -0.4 is 5.56 Å². The fraction of sp³-hybridized carbons (Fsp3) is 0.182. The monoisotopic (exact) mass is 442 g/mol. The molecule has 4 nitrogen and oxygen atoms in total. The SMILES string of the molecule is Cc1cc(-n2cnc3cc(-c4ccc(Cl)cc4)sc3c2=O)ccc1SCC(C)O. The summed E-state index contributed by atoms with van der Waals surface area (Å²) in [5, 5.41) is 10.2. The second-order valence-corrected chi connectivity index (χ2v) is 9.41. The molecule has 2 aromatic carbocycles. The minimum atomic E-state index is -0.359. The molecule has 0 saturated heterocycles. The Balaban J connectivity index is 1.71. The summed E-state index contributed by atoms with van der Waals surface area (Å²) in [5.74, 6) is 0.635. The number of thiophene rings is 1. The normalized spacial score (nSPS) is 12.4. The lowest BCUT2D eigenvalue weighted by Gasteiger charge is -2.10. The predicted molar refractivity (Wildman–Crippen MR) is 123 cm³/mol. The molecule has 0 amide bonds. The molecule has 2 aromatic heterocycles. The molecule has 0 aliphatic rings. The first-order valence-corrected chi connectivity index (χ1v) is 11.3. The van der Waals surface area contributed by atoms with Gasteiger partial charge < -0.3 is 5.11 Å². The van der Waals surface area contributed by atoms with Crippen LogP contribution in [-0.4, -0.2) is 26.5 Å². The summed E-state index contributed by atoms with van der Waals surface area (Å²) < 4.78 is 2.21. The number of aryl methyl sites for hydroxylation is 1. The number of aromatic nitrogens is 2. The number of rotatable bonds is 5. The highest BCUT2D eigenvalue weighted by molar-refractivity contribution is 7.99. The summed E-state index contributed by atoms with van der Waals surface area (Å²) >= 11 is 9.02. The van der Waals surface area contributed by atoms with Gasteiger partial charge in [0.05, 0.1) is 17.3 Å². The first-order valence-electron chi connectivity index (χ1n) is 9.11. The van der Waals surface area contributed by atoms with Gasteiger partial charge in [-0.2, -0.15) is 0 Å². The Bertz CT molecular complexity index is 1230. The van der Waals surface area contributed by atoms with E-state index >= 15 is 0 Å². The molecule has 4 rings (SSSR count). The third-order valence-electron chi connectivity index (χ3n) is 4.48. The van der Waals surface area contributed by atoms with Crippen molar-refractivity contribution in [1.29, 1.82) is 0 Å². The smallest absolute Gasteiger partial charge is 0.275 e. The van der Waals surface area contributed by atoms with Crippen molar-refractivity contribution in [3.63, 3.8) is 0 Å². The van der Waals surface area contributed by atoms with Gasteiger partial charge in [0.2, 0.25) is 0 Å². The molecule has 0 aliphatic heterocycles. The first-order chi connectivity index (χ1) is 13.9. The molecular weight excluding hydrogens is 424 g/mol. The Labute approximate surface area is 181 Å². The second kappa shape index (κ2) is 8.32. The molecule has 29 heavy (non-hydrogen) atoms. The summed E-state index contributed by atoms with van der Waals surface area (Å²) in [7, 11) is 0. The molecule has 1 unspecified atom stereocenters. The van der Waals surface area contributed by atoms with Crippen molar-refractivity contribution in [2.45, 2.75) is 24.8 Å². The zero-order valence-electron chi connectivity index (χ0n) is 15.9. The Morgan fingerprint density at radius 2 is 1.97 bits per heavy atom. The molecule has 7 heteroatoms. The van der Waals surface area contributed by atoms with E-state index in [1.54, 1.807) is 29.6 Å². The molecule has 148 valence electrons. The van der Waals surface area contributed by atoms with Crippen molar-refractivity contribution in [1.82, 2.24) is 9.55 Å². The van der Waals surface area contributed by atoms with Crippen LogP contribution in [0.15, 0.2) is 64.5 Å². The summed E-state index contributed by atoms with van der Waals surface area (Å²) in [5.41, 5.74) is 3.47. The van der Waals surface area contributed by atoms with Crippen LogP contribution in [0.1, 0.15) is 12.5 Å². The van der Waals surface area contributed by atoms with Gasteiger partial charge in [0.25, 0.3) is 5.56 Å². The summed E-state index contributed by atoms with van der Waals surface area (Å²) in [6.45, 7) is 3.78. The maximum atomic E-state index is 13.1. The van der Waals surface area contributed by atoms with Gasteiger partial charge in [0.1, 0.15) is 11.0 Å². The molecule has 1 N–H and O–H groups in total. The van der Waals surface area contributed by atoms with Crippen molar-refractivity contribution < 1.29 is 5.11 Å². The topological polar surface area (TPSA) is 55.1 Å². The molecule has 0 bridgehead atoms. The maximum absolute atomic E-state index is 13.1. The number of fused-ring (bicyclic) bond motifs is 1. The molecule has 0 radical (unpaired) electrons. The van der Waals surface area contributed by atoms with Gasteiger partial charge in [0.15, 0.2) is 0 Å². The van der Waals surface area contributed by atoms with E-state index < -0.39 is 0 Å². The molecule has 1 atom stereocenters. The van der Waals surface area contributed by atoms with Gasteiger partial charge in [0, 0.05) is 20.5 Å². The van der Waals surface area contributed by atoms with Gasteiger partial charge >= 0.3 is 0 Å². The lowest BCUT2D eigenvalue weighted by molar-refractivity contribution is 0.220. The Hall–Kier alpha value is -2.12. The molecule has 0 spiro atoms. The van der Waals surface area contributed by atoms with Crippen LogP contribution in [0.2, 0.25) is 5.02 Å². The van der Waals surface area contributed by atoms with Crippen LogP contribution in [0.5, 0.6) is 0 Å². The van der Waals surface area contributed by atoms with Crippen LogP contribution in [0.4, 0.5) is 0 Å². The van der Waals surface area contributed by atoms with Gasteiger partial charge in [-0.25, -0.2) is 4.98 Å². The third kappa shape index (κ3) is 4.26. The van der Waals surface area contributed by atoms with E-state index in [2.05, 4.69) is 4.98 Å². The summed E-state index contributed by atoms with van der Waals surface area (Å²) in [6.07, 6.45) is 1.22. The number of aliphatic hydroxyl groups excluding tert-OH is 1. The van der Waals surface area contributed by atoms with Crippen LogP contribution in [0, 0.1) is 6.92 Å². The van der Waals surface area contributed by atoms with Gasteiger partial charge in [-0.1, -0.05) is 23.7 Å². The van der Waals surface area contributed by atoms with E-state index in [9.17, 15) is 9.90 Å². The zero-order chi connectivity index (χ0) is 20.5. The second-order valence-electron chi connectivity index (χ2n) is 6.86. The van der Waals surface area contributed by atoms with E-state index in [0.717, 1.165) is 26.6 Å². The van der Waals surface area contributed by atoms with Gasteiger partial charge in [-0.15, -0.1) is 23.1 Å². The molecule has 0 saturated carbocycles. The van der Waals surface area contributed by atoms with Crippen molar-refractivity contribution in [3.8, 4) is 16.1 Å². The average molecular weight is 443 g/mol. The predicted octanol–water partition coefficient (Wildman–Crippen LogP) is 5.55. The fourth-order valence-corrected chi connectivity index (χ4v) is 5.05. The van der Waals surface area contributed by atoms with Crippen LogP contribution in [-0.2, 0) is 0 Å². The molecule has 4 aromatic rings. The molecule has 2 heterocycles. The average Bonchev–Trinajstić information content (AvgIpc) is 3.13. The van der Waals surface area contributed by atoms with Crippen molar-refractivity contribution in [2.24, 2.45) is 0 Å².